The number of hydrogen-bond donors (Lipinski definition) is 1. The maximum atomic E-state index is 10.9. The molecule has 136 valence electrons. The minimum atomic E-state index is -0.536. The third-order valence-corrected chi connectivity index (χ3v) is 5.15. The summed E-state index contributed by atoms with van der Waals surface area (Å²) in [7, 11) is 3.28. The van der Waals surface area contributed by atoms with E-state index in [-0.39, 0.29) is 5.92 Å². The fourth-order valence-electron chi connectivity index (χ4n) is 3.55. The summed E-state index contributed by atoms with van der Waals surface area (Å²) in [4.78, 5) is 0. The van der Waals surface area contributed by atoms with E-state index in [0.29, 0.717) is 6.42 Å². The van der Waals surface area contributed by atoms with E-state index in [2.05, 4.69) is 37.8 Å². The van der Waals surface area contributed by atoms with Gasteiger partial charge in [-0.15, -0.1) is 0 Å². The SMILES string of the molecule is C=C1CC=Cc2c1cccc2C(C)[C@H](O)Cc1cc(OC)ccc1OC. The van der Waals surface area contributed by atoms with Gasteiger partial charge in [0.15, 0.2) is 0 Å². The van der Waals surface area contributed by atoms with E-state index in [1.807, 2.05) is 24.3 Å². The molecule has 2 aromatic carbocycles. The molecule has 3 nitrogen and oxygen atoms in total. The van der Waals surface area contributed by atoms with Gasteiger partial charge in [-0.3, -0.25) is 0 Å². The number of fused-ring (bicyclic) bond motifs is 1. The number of rotatable bonds is 6. The van der Waals surface area contributed by atoms with Crippen molar-refractivity contribution in [3.8, 4) is 11.5 Å². The van der Waals surface area contributed by atoms with Crippen LogP contribution >= 0.6 is 0 Å². The second kappa shape index (κ2) is 7.79. The van der Waals surface area contributed by atoms with Crippen LogP contribution in [0.15, 0.2) is 49.1 Å². The molecule has 1 unspecified atom stereocenters. The molecular weight excluding hydrogens is 324 g/mol. The Bertz CT molecular complexity index is 835. The molecule has 3 heteroatoms. The number of methoxy groups -OCH3 is 2. The van der Waals surface area contributed by atoms with Crippen LogP contribution in [0.5, 0.6) is 11.5 Å². The van der Waals surface area contributed by atoms with Crippen molar-refractivity contribution < 1.29 is 14.6 Å². The zero-order valence-corrected chi connectivity index (χ0v) is 15.7. The minimum absolute atomic E-state index is 0.0172. The van der Waals surface area contributed by atoms with Crippen LogP contribution in [0.4, 0.5) is 0 Å². The number of allylic oxidation sites excluding steroid dienone is 2. The second-order valence-electron chi connectivity index (χ2n) is 6.76. The molecule has 0 bridgehead atoms. The minimum Gasteiger partial charge on any atom is -0.497 e. The summed E-state index contributed by atoms with van der Waals surface area (Å²) in [5.74, 6) is 1.51. The molecule has 0 spiro atoms. The highest BCUT2D eigenvalue weighted by atomic mass is 16.5. The van der Waals surface area contributed by atoms with E-state index in [1.165, 1.54) is 11.1 Å². The zero-order chi connectivity index (χ0) is 18.7. The van der Waals surface area contributed by atoms with Crippen LogP contribution in [0, 0.1) is 0 Å². The fourth-order valence-corrected chi connectivity index (χ4v) is 3.55. The molecule has 2 atom stereocenters. The Morgan fingerprint density at radius 1 is 1.15 bits per heavy atom. The topological polar surface area (TPSA) is 38.7 Å². The molecule has 0 aromatic heterocycles. The lowest BCUT2D eigenvalue weighted by Gasteiger charge is -2.25. The molecule has 0 saturated carbocycles. The van der Waals surface area contributed by atoms with Gasteiger partial charge in [0.1, 0.15) is 11.5 Å². The van der Waals surface area contributed by atoms with E-state index < -0.39 is 6.10 Å². The molecule has 0 aliphatic heterocycles. The summed E-state index contributed by atoms with van der Waals surface area (Å²) in [6.07, 6.45) is 5.13. The standard InChI is InChI=1S/C23H26O3/c1-15-7-5-10-21-19(15)8-6-9-20(21)16(2)22(24)14-17-13-18(25-3)11-12-23(17)26-4/h5-6,8-13,16,22,24H,1,7,14H2,2-4H3/t16?,22-/m1/s1. The van der Waals surface area contributed by atoms with Crippen molar-refractivity contribution in [2.45, 2.75) is 31.8 Å². The van der Waals surface area contributed by atoms with Crippen LogP contribution in [-0.2, 0) is 6.42 Å². The molecule has 0 heterocycles. The first-order valence-corrected chi connectivity index (χ1v) is 8.91. The summed E-state index contributed by atoms with van der Waals surface area (Å²) in [6.45, 7) is 6.23. The number of aliphatic hydroxyl groups excluding tert-OH is 1. The van der Waals surface area contributed by atoms with Crippen LogP contribution in [0.2, 0.25) is 0 Å². The van der Waals surface area contributed by atoms with Gasteiger partial charge in [-0.1, -0.05) is 43.9 Å². The summed E-state index contributed by atoms with van der Waals surface area (Å²) in [5, 5.41) is 10.9. The predicted octanol–water partition coefficient (Wildman–Crippen LogP) is 4.84. The third kappa shape index (κ3) is 3.54. The number of ether oxygens (including phenoxy) is 2. The van der Waals surface area contributed by atoms with Gasteiger partial charge in [-0.2, -0.15) is 0 Å². The first kappa shape index (κ1) is 18.3. The first-order valence-electron chi connectivity index (χ1n) is 8.91. The van der Waals surface area contributed by atoms with Gasteiger partial charge in [0.2, 0.25) is 0 Å². The fraction of sp³-hybridized carbons (Fsp3) is 0.304. The molecular formula is C23H26O3. The van der Waals surface area contributed by atoms with Crippen molar-refractivity contribution in [1.29, 1.82) is 0 Å². The van der Waals surface area contributed by atoms with Crippen molar-refractivity contribution in [1.82, 2.24) is 0 Å². The normalized spacial score (nSPS) is 15.3. The van der Waals surface area contributed by atoms with E-state index in [4.69, 9.17) is 9.47 Å². The molecule has 1 N–H and O–H groups in total. The lowest BCUT2D eigenvalue weighted by Crippen LogP contribution is -2.20. The molecule has 1 aliphatic carbocycles. The Kier molecular flexibility index (Phi) is 5.48. The monoisotopic (exact) mass is 350 g/mol. The summed E-state index contributed by atoms with van der Waals surface area (Å²) in [6, 6.07) is 11.9. The largest absolute Gasteiger partial charge is 0.497 e. The molecule has 3 rings (SSSR count). The quantitative estimate of drug-likeness (QED) is 0.810. The summed E-state index contributed by atoms with van der Waals surface area (Å²) >= 11 is 0. The van der Waals surface area contributed by atoms with Gasteiger partial charge in [0.25, 0.3) is 0 Å². The molecule has 26 heavy (non-hydrogen) atoms. The summed E-state index contributed by atoms with van der Waals surface area (Å²) < 4.78 is 10.8. The summed E-state index contributed by atoms with van der Waals surface area (Å²) in [5.41, 5.74) is 5.57. The lowest BCUT2D eigenvalue weighted by atomic mass is 9.83. The molecule has 0 radical (unpaired) electrons. The van der Waals surface area contributed by atoms with Crippen molar-refractivity contribution in [2.75, 3.05) is 14.2 Å². The number of hydrogen-bond acceptors (Lipinski definition) is 3. The molecule has 1 aliphatic rings. The van der Waals surface area contributed by atoms with Crippen molar-refractivity contribution >= 4 is 11.6 Å². The number of aliphatic hydroxyl groups is 1. The van der Waals surface area contributed by atoms with Gasteiger partial charge in [0.05, 0.1) is 20.3 Å². The number of benzene rings is 2. The zero-order valence-electron chi connectivity index (χ0n) is 15.7. The highest BCUT2D eigenvalue weighted by molar-refractivity contribution is 5.79. The van der Waals surface area contributed by atoms with Crippen molar-refractivity contribution in [3.63, 3.8) is 0 Å². The lowest BCUT2D eigenvalue weighted by molar-refractivity contribution is 0.148. The van der Waals surface area contributed by atoms with Gasteiger partial charge in [-0.25, -0.2) is 0 Å². The maximum absolute atomic E-state index is 10.9. The maximum Gasteiger partial charge on any atom is 0.122 e. The van der Waals surface area contributed by atoms with Crippen LogP contribution < -0.4 is 9.47 Å². The van der Waals surface area contributed by atoms with Crippen LogP contribution in [0.3, 0.4) is 0 Å². The third-order valence-electron chi connectivity index (χ3n) is 5.15. The Morgan fingerprint density at radius 2 is 1.96 bits per heavy atom. The van der Waals surface area contributed by atoms with Gasteiger partial charge in [0, 0.05) is 17.9 Å². The highest BCUT2D eigenvalue weighted by Crippen LogP contribution is 2.35. The van der Waals surface area contributed by atoms with Crippen LogP contribution in [-0.4, -0.2) is 25.4 Å². The molecule has 0 amide bonds. The van der Waals surface area contributed by atoms with E-state index in [9.17, 15) is 5.11 Å². The average Bonchev–Trinajstić information content (AvgIpc) is 2.67. The van der Waals surface area contributed by atoms with Crippen LogP contribution in [0.1, 0.15) is 41.5 Å². The predicted molar refractivity (Wildman–Crippen MR) is 107 cm³/mol. The van der Waals surface area contributed by atoms with E-state index in [0.717, 1.165) is 34.6 Å². The van der Waals surface area contributed by atoms with Gasteiger partial charge < -0.3 is 14.6 Å². The highest BCUT2D eigenvalue weighted by Gasteiger charge is 2.23. The second-order valence-corrected chi connectivity index (χ2v) is 6.76. The van der Waals surface area contributed by atoms with Gasteiger partial charge >= 0.3 is 0 Å². The van der Waals surface area contributed by atoms with Gasteiger partial charge in [-0.05, 0) is 46.9 Å². The Hall–Kier alpha value is -2.52. The smallest absolute Gasteiger partial charge is 0.122 e. The van der Waals surface area contributed by atoms with E-state index in [1.54, 1.807) is 14.2 Å². The molecule has 0 fully saturated rings. The van der Waals surface area contributed by atoms with Crippen molar-refractivity contribution in [3.05, 3.63) is 71.3 Å². The molecule has 0 saturated heterocycles. The molecule has 2 aromatic rings. The average molecular weight is 350 g/mol. The van der Waals surface area contributed by atoms with Crippen molar-refractivity contribution in [2.24, 2.45) is 0 Å². The first-order chi connectivity index (χ1) is 12.5. The Labute approximate surface area is 155 Å². The Morgan fingerprint density at radius 3 is 2.69 bits per heavy atom. The Balaban J connectivity index is 1.88. The van der Waals surface area contributed by atoms with Crippen LogP contribution in [0.25, 0.3) is 11.6 Å². The van der Waals surface area contributed by atoms with E-state index >= 15 is 0 Å².